The minimum Gasteiger partial charge on any atom is -0.394 e. The van der Waals surface area contributed by atoms with Gasteiger partial charge in [0.05, 0.1) is 31.3 Å². The zero-order valence-electron chi connectivity index (χ0n) is 40.4. The molecule has 1 amide bonds. The maximum Gasteiger partial charge on any atom is 0.222 e. The van der Waals surface area contributed by atoms with Crippen molar-refractivity contribution >= 4 is 5.91 Å². The quantitative estimate of drug-likeness (QED) is 0.0363. The summed E-state index contributed by atoms with van der Waals surface area (Å²) in [6.07, 6.45) is 64.7. The lowest BCUT2D eigenvalue weighted by atomic mass is 10.0. The Labute approximate surface area is 374 Å². The van der Waals surface area contributed by atoms with E-state index in [1.807, 2.05) is 6.08 Å². The third kappa shape index (κ3) is 46.1. The Morgan fingerprint density at radius 2 is 0.717 bits per heavy atom. The number of carbonyl (C=O) groups excluding carboxylic acids is 1. The zero-order valence-corrected chi connectivity index (χ0v) is 40.4. The van der Waals surface area contributed by atoms with Crippen LogP contribution >= 0.6 is 0 Å². The van der Waals surface area contributed by atoms with Crippen LogP contribution in [0.25, 0.3) is 0 Å². The lowest BCUT2D eigenvalue weighted by Gasteiger charge is -2.21. The van der Waals surface area contributed by atoms with E-state index in [1.165, 1.54) is 218 Å². The van der Waals surface area contributed by atoms with Crippen LogP contribution in [0.3, 0.4) is 0 Å². The molecule has 5 heteroatoms. The molecule has 4 N–H and O–H groups in total. The predicted molar refractivity (Wildman–Crippen MR) is 264 cm³/mol. The molecule has 0 rings (SSSR count). The highest BCUT2D eigenvalue weighted by Crippen LogP contribution is 2.17. The van der Waals surface area contributed by atoms with Gasteiger partial charge in [0.2, 0.25) is 5.91 Å². The first-order valence-electron chi connectivity index (χ1n) is 26.8. The van der Waals surface area contributed by atoms with Gasteiger partial charge in [0.1, 0.15) is 0 Å². The standard InChI is InChI=1S/C55H105NO4/c1-3-5-7-9-11-13-15-17-19-21-22-23-24-25-26-27-28-29-30-31-32-33-34-36-38-40-42-44-46-48-52(58)50-55(60)56-53(51-57)54(59)49-47-45-43-41-39-37-35-20-18-16-14-12-10-8-6-4-2/h18,20,39,41,47,49,52-54,57-59H,3-17,19,21-38,40,42-46,48,50-51H2,1-2H3,(H,56,60)/b20-18+,41-39+,49-47+. The van der Waals surface area contributed by atoms with Gasteiger partial charge in [-0.2, -0.15) is 0 Å². The smallest absolute Gasteiger partial charge is 0.222 e. The molecule has 0 saturated heterocycles. The largest absolute Gasteiger partial charge is 0.394 e. The lowest BCUT2D eigenvalue weighted by molar-refractivity contribution is -0.124. The SMILES string of the molecule is CCCCCCCC/C=C/CC/C=C/CC/C=C/C(O)C(CO)NC(=O)CC(O)CCCCCCCCCCCCCCCCCCCCCCCCCCCCCCC. The monoisotopic (exact) mass is 844 g/mol. The fraction of sp³-hybridized carbons (Fsp3) is 0.873. The van der Waals surface area contributed by atoms with Crippen molar-refractivity contribution in [1.29, 1.82) is 0 Å². The highest BCUT2D eigenvalue weighted by Gasteiger charge is 2.20. The molecule has 0 spiro atoms. The summed E-state index contributed by atoms with van der Waals surface area (Å²) in [4.78, 5) is 12.5. The zero-order chi connectivity index (χ0) is 43.7. The molecule has 0 aliphatic carbocycles. The molecule has 0 bridgehead atoms. The van der Waals surface area contributed by atoms with Gasteiger partial charge in [-0.05, 0) is 44.9 Å². The Kier molecular flexibility index (Phi) is 49.0. The number of amides is 1. The van der Waals surface area contributed by atoms with Crippen molar-refractivity contribution in [3.63, 3.8) is 0 Å². The van der Waals surface area contributed by atoms with Crippen molar-refractivity contribution in [2.75, 3.05) is 6.61 Å². The number of unbranched alkanes of at least 4 members (excludes halogenated alkanes) is 36. The van der Waals surface area contributed by atoms with E-state index in [4.69, 9.17) is 0 Å². The van der Waals surface area contributed by atoms with Crippen LogP contribution in [0, 0.1) is 0 Å². The van der Waals surface area contributed by atoms with E-state index in [0.717, 1.165) is 38.5 Å². The van der Waals surface area contributed by atoms with E-state index >= 15 is 0 Å². The molecule has 3 unspecified atom stereocenters. The molecule has 0 aromatic carbocycles. The molecule has 0 saturated carbocycles. The summed E-state index contributed by atoms with van der Waals surface area (Å²) in [5.74, 6) is -0.326. The summed E-state index contributed by atoms with van der Waals surface area (Å²) in [7, 11) is 0. The summed E-state index contributed by atoms with van der Waals surface area (Å²) in [6.45, 7) is 4.21. The first kappa shape index (κ1) is 58.6. The molecule has 0 aliphatic heterocycles. The van der Waals surface area contributed by atoms with Gasteiger partial charge in [-0.25, -0.2) is 0 Å². The van der Waals surface area contributed by atoms with Crippen LogP contribution < -0.4 is 5.32 Å². The van der Waals surface area contributed by atoms with Gasteiger partial charge in [-0.1, -0.05) is 269 Å². The van der Waals surface area contributed by atoms with Crippen molar-refractivity contribution in [2.24, 2.45) is 0 Å². The van der Waals surface area contributed by atoms with E-state index in [1.54, 1.807) is 6.08 Å². The van der Waals surface area contributed by atoms with E-state index in [0.29, 0.717) is 6.42 Å². The summed E-state index contributed by atoms with van der Waals surface area (Å²) >= 11 is 0. The second kappa shape index (κ2) is 50.2. The molecule has 0 aromatic rings. The Balaban J connectivity index is 3.55. The number of carbonyl (C=O) groups is 1. The minimum atomic E-state index is -0.958. The van der Waals surface area contributed by atoms with Gasteiger partial charge in [0, 0.05) is 0 Å². The van der Waals surface area contributed by atoms with Crippen LogP contribution in [0.15, 0.2) is 36.5 Å². The van der Waals surface area contributed by atoms with E-state index in [9.17, 15) is 20.1 Å². The topological polar surface area (TPSA) is 89.8 Å². The number of aliphatic hydroxyl groups excluding tert-OH is 3. The number of nitrogens with one attached hydrogen (secondary N) is 1. The normalized spacial score (nSPS) is 13.6. The molecule has 0 aliphatic rings. The van der Waals surface area contributed by atoms with Gasteiger partial charge in [0.15, 0.2) is 0 Å². The lowest BCUT2D eigenvalue weighted by Crippen LogP contribution is -2.45. The summed E-state index contributed by atoms with van der Waals surface area (Å²) in [6, 6.07) is -0.766. The fourth-order valence-electron chi connectivity index (χ4n) is 8.32. The second-order valence-electron chi connectivity index (χ2n) is 18.5. The van der Waals surface area contributed by atoms with Crippen molar-refractivity contribution in [3.05, 3.63) is 36.5 Å². The van der Waals surface area contributed by atoms with Crippen molar-refractivity contribution in [3.8, 4) is 0 Å². The van der Waals surface area contributed by atoms with Gasteiger partial charge in [-0.15, -0.1) is 0 Å². The Bertz CT molecular complexity index is 931. The Morgan fingerprint density at radius 1 is 0.417 bits per heavy atom. The number of rotatable bonds is 49. The summed E-state index contributed by atoms with van der Waals surface area (Å²) in [5.41, 5.74) is 0. The molecule has 0 heterocycles. The van der Waals surface area contributed by atoms with E-state index in [-0.39, 0.29) is 18.9 Å². The number of hydrogen-bond acceptors (Lipinski definition) is 4. The molecule has 0 fully saturated rings. The summed E-state index contributed by atoms with van der Waals surface area (Å²) < 4.78 is 0. The molecular formula is C55H105NO4. The van der Waals surface area contributed by atoms with Gasteiger partial charge in [0.25, 0.3) is 0 Å². The fourth-order valence-corrected chi connectivity index (χ4v) is 8.32. The average molecular weight is 844 g/mol. The van der Waals surface area contributed by atoms with Crippen molar-refractivity contribution in [1.82, 2.24) is 5.32 Å². The predicted octanol–water partition coefficient (Wildman–Crippen LogP) is 16.3. The van der Waals surface area contributed by atoms with Crippen LogP contribution in [0.2, 0.25) is 0 Å². The number of aliphatic hydroxyl groups is 3. The third-order valence-corrected chi connectivity index (χ3v) is 12.4. The molecule has 3 atom stereocenters. The number of allylic oxidation sites excluding steroid dienone is 5. The highest BCUT2D eigenvalue weighted by atomic mass is 16.3. The molecule has 0 radical (unpaired) electrons. The third-order valence-electron chi connectivity index (χ3n) is 12.4. The Hall–Kier alpha value is -1.43. The van der Waals surface area contributed by atoms with Crippen LogP contribution in [0.4, 0.5) is 0 Å². The number of hydrogen-bond donors (Lipinski definition) is 4. The van der Waals surface area contributed by atoms with Crippen molar-refractivity contribution in [2.45, 2.75) is 302 Å². The molecule has 354 valence electrons. The van der Waals surface area contributed by atoms with Gasteiger partial charge < -0.3 is 20.6 Å². The van der Waals surface area contributed by atoms with Crippen molar-refractivity contribution < 1.29 is 20.1 Å². The van der Waals surface area contributed by atoms with E-state index in [2.05, 4.69) is 43.5 Å². The van der Waals surface area contributed by atoms with Crippen LogP contribution in [-0.4, -0.2) is 46.1 Å². The highest BCUT2D eigenvalue weighted by molar-refractivity contribution is 5.76. The molecule has 60 heavy (non-hydrogen) atoms. The molecule has 0 aromatic heterocycles. The maximum absolute atomic E-state index is 12.5. The van der Waals surface area contributed by atoms with Gasteiger partial charge >= 0.3 is 0 Å². The van der Waals surface area contributed by atoms with Crippen LogP contribution in [0.5, 0.6) is 0 Å². The summed E-state index contributed by atoms with van der Waals surface area (Å²) in [5, 5.41) is 33.3. The van der Waals surface area contributed by atoms with E-state index < -0.39 is 18.2 Å². The molecular weight excluding hydrogens is 739 g/mol. The second-order valence-corrected chi connectivity index (χ2v) is 18.5. The van der Waals surface area contributed by atoms with Crippen LogP contribution in [-0.2, 0) is 4.79 Å². The first-order valence-corrected chi connectivity index (χ1v) is 26.8. The average Bonchev–Trinajstić information content (AvgIpc) is 3.24. The molecule has 5 nitrogen and oxygen atoms in total. The maximum atomic E-state index is 12.5. The minimum absolute atomic E-state index is 0.00546. The van der Waals surface area contributed by atoms with Crippen LogP contribution in [0.1, 0.15) is 284 Å². The van der Waals surface area contributed by atoms with Gasteiger partial charge in [-0.3, -0.25) is 4.79 Å². The first-order chi connectivity index (χ1) is 29.5. The Morgan fingerprint density at radius 3 is 1.07 bits per heavy atom.